The van der Waals surface area contributed by atoms with Crippen molar-refractivity contribution in [2.75, 3.05) is 39.5 Å². The van der Waals surface area contributed by atoms with Crippen molar-refractivity contribution in [1.82, 2.24) is 15.2 Å². The third-order valence-electron chi connectivity index (χ3n) is 6.00. The van der Waals surface area contributed by atoms with Crippen molar-refractivity contribution in [2.45, 2.75) is 43.7 Å². The zero-order valence-corrected chi connectivity index (χ0v) is 15.4. The van der Waals surface area contributed by atoms with Crippen LogP contribution in [0.3, 0.4) is 0 Å². The Labute approximate surface area is 155 Å². The number of hydrogen-bond donors (Lipinski definition) is 1. The van der Waals surface area contributed by atoms with E-state index in [2.05, 4.69) is 15.2 Å². The third-order valence-corrected chi connectivity index (χ3v) is 6.00. The smallest absolute Gasteiger partial charge is 0.253 e. The van der Waals surface area contributed by atoms with Crippen LogP contribution in [0.4, 0.5) is 0 Å². The summed E-state index contributed by atoms with van der Waals surface area (Å²) in [6, 6.07) is 3.79. The number of carbonyl (C=O) groups is 1. The first-order valence-corrected chi connectivity index (χ1v) is 9.87. The summed E-state index contributed by atoms with van der Waals surface area (Å²) in [4.78, 5) is 19.0. The molecule has 4 rings (SSSR count). The molecule has 0 aromatic carbocycles. The molecule has 1 amide bonds. The fourth-order valence-electron chi connectivity index (χ4n) is 4.58. The molecule has 0 saturated carbocycles. The van der Waals surface area contributed by atoms with Crippen molar-refractivity contribution in [2.24, 2.45) is 5.92 Å². The standard InChI is InChI=1S/C20H29N3O3/c24-19(17-2-1-7-21-13-17)22-18-5-11-26-20(12-18)6-8-23(15-20)14-16-3-9-25-10-4-16/h1-2,7,13,16,18H,3-6,8-12,14-15H2,(H,22,24)/t18-,20-/m0/s1. The predicted octanol–water partition coefficient (Wildman–Crippen LogP) is 1.86. The molecule has 1 aromatic rings. The number of carbonyl (C=O) groups excluding carboxylic acids is 1. The number of amides is 1. The molecule has 1 spiro atoms. The molecule has 6 nitrogen and oxygen atoms in total. The Morgan fingerprint density at radius 3 is 3.00 bits per heavy atom. The average molecular weight is 359 g/mol. The molecule has 2 atom stereocenters. The van der Waals surface area contributed by atoms with Gasteiger partial charge in [-0.15, -0.1) is 0 Å². The van der Waals surface area contributed by atoms with E-state index in [-0.39, 0.29) is 17.6 Å². The van der Waals surface area contributed by atoms with Crippen molar-refractivity contribution in [3.05, 3.63) is 30.1 Å². The molecule has 3 aliphatic heterocycles. The molecule has 0 aliphatic carbocycles. The lowest BCUT2D eigenvalue weighted by Crippen LogP contribution is -2.50. The zero-order valence-electron chi connectivity index (χ0n) is 15.4. The predicted molar refractivity (Wildman–Crippen MR) is 98.0 cm³/mol. The Balaban J connectivity index is 1.31. The van der Waals surface area contributed by atoms with Gasteiger partial charge in [0.25, 0.3) is 5.91 Å². The van der Waals surface area contributed by atoms with Crippen LogP contribution >= 0.6 is 0 Å². The maximum absolute atomic E-state index is 12.4. The summed E-state index contributed by atoms with van der Waals surface area (Å²) in [7, 11) is 0. The van der Waals surface area contributed by atoms with E-state index >= 15 is 0 Å². The monoisotopic (exact) mass is 359 g/mol. The van der Waals surface area contributed by atoms with Crippen LogP contribution in [0.15, 0.2) is 24.5 Å². The number of rotatable bonds is 4. The van der Waals surface area contributed by atoms with Gasteiger partial charge in [-0.25, -0.2) is 0 Å². The summed E-state index contributed by atoms with van der Waals surface area (Å²) in [6.07, 6.45) is 8.51. The molecule has 3 fully saturated rings. The van der Waals surface area contributed by atoms with Crippen LogP contribution in [-0.2, 0) is 9.47 Å². The first-order chi connectivity index (χ1) is 12.7. The molecule has 3 aliphatic rings. The van der Waals surface area contributed by atoms with E-state index in [9.17, 15) is 4.79 Å². The molecule has 0 unspecified atom stereocenters. The van der Waals surface area contributed by atoms with E-state index in [1.54, 1.807) is 18.5 Å². The van der Waals surface area contributed by atoms with E-state index < -0.39 is 0 Å². The van der Waals surface area contributed by atoms with Gasteiger partial charge in [0, 0.05) is 57.9 Å². The van der Waals surface area contributed by atoms with E-state index in [0.717, 1.165) is 64.6 Å². The molecule has 6 heteroatoms. The SMILES string of the molecule is O=C(N[C@H]1CCO[C@@]2(CCN(CC3CCOCC3)C2)C1)c1cccnc1. The largest absolute Gasteiger partial charge is 0.381 e. The van der Waals surface area contributed by atoms with Crippen LogP contribution in [0.25, 0.3) is 0 Å². The second kappa shape index (κ2) is 8.03. The first kappa shape index (κ1) is 17.9. The Bertz CT molecular complexity index is 606. The van der Waals surface area contributed by atoms with E-state index in [0.29, 0.717) is 5.56 Å². The van der Waals surface area contributed by atoms with Crippen LogP contribution in [0, 0.1) is 5.92 Å². The minimum absolute atomic E-state index is 0.0304. The van der Waals surface area contributed by atoms with Crippen molar-refractivity contribution >= 4 is 5.91 Å². The van der Waals surface area contributed by atoms with Crippen molar-refractivity contribution < 1.29 is 14.3 Å². The second-order valence-corrected chi connectivity index (χ2v) is 7.98. The summed E-state index contributed by atoms with van der Waals surface area (Å²) in [5.74, 6) is 0.723. The average Bonchev–Trinajstić information content (AvgIpc) is 3.05. The van der Waals surface area contributed by atoms with Gasteiger partial charge in [0.1, 0.15) is 0 Å². The second-order valence-electron chi connectivity index (χ2n) is 7.98. The van der Waals surface area contributed by atoms with Crippen LogP contribution in [-0.4, -0.2) is 66.9 Å². The highest BCUT2D eigenvalue weighted by molar-refractivity contribution is 5.94. The number of ether oxygens (including phenoxy) is 2. The lowest BCUT2D eigenvalue weighted by Gasteiger charge is -2.39. The van der Waals surface area contributed by atoms with Gasteiger partial charge in [0.2, 0.25) is 0 Å². The number of nitrogens with zero attached hydrogens (tertiary/aromatic N) is 2. The van der Waals surface area contributed by atoms with Gasteiger partial charge in [0.15, 0.2) is 0 Å². The maximum Gasteiger partial charge on any atom is 0.253 e. The summed E-state index contributed by atoms with van der Waals surface area (Å²) in [5, 5.41) is 3.19. The summed E-state index contributed by atoms with van der Waals surface area (Å²) < 4.78 is 11.7. The van der Waals surface area contributed by atoms with E-state index in [1.165, 1.54) is 12.8 Å². The van der Waals surface area contributed by atoms with Crippen LogP contribution in [0.2, 0.25) is 0 Å². The lowest BCUT2D eigenvalue weighted by atomic mass is 9.89. The van der Waals surface area contributed by atoms with Gasteiger partial charge >= 0.3 is 0 Å². The molecule has 142 valence electrons. The van der Waals surface area contributed by atoms with Gasteiger partial charge < -0.3 is 19.7 Å². The number of likely N-dealkylation sites (tertiary alicyclic amines) is 1. The Hall–Kier alpha value is -1.50. The summed E-state index contributed by atoms with van der Waals surface area (Å²) in [5.41, 5.74) is 0.539. The zero-order chi connectivity index (χ0) is 17.8. The summed E-state index contributed by atoms with van der Waals surface area (Å²) in [6.45, 7) is 5.78. The van der Waals surface area contributed by atoms with Gasteiger partial charge in [0.05, 0.1) is 11.2 Å². The summed E-state index contributed by atoms with van der Waals surface area (Å²) >= 11 is 0. The fraction of sp³-hybridized carbons (Fsp3) is 0.700. The number of pyridine rings is 1. The van der Waals surface area contributed by atoms with Gasteiger partial charge in [-0.05, 0) is 50.2 Å². The Morgan fingerprint density at radius 2 is 2.19 bits per heavy atom. The molecular weight excluding hydrogens is 330 g/mol. The van der Waals surface area contributed by atoms with Crippen molar-refractivity contribution in [3.63, 3.8) is 0 Å². The van der Waals surface area contributed by atoms with Crippen LogP contribution in [0.5, 0.6) is 0 Å². The normalized spacial score (nSPS) is 30.5. The van der Waals surface area contributed by atoms with Crippen molar-refractivity contribution in [3.8, 4) is 0 Å². The van der Waals surface area contributed by atoms with E-state index in [1.807, 2.05) is 6.07 Å². The van der Waals surface area contributed by atoms with Crippen LogP contribution < -0.4 is 5.32 Å². The Kier molecular flexibility index (Phi) is 5.52. The topological polar surface area (TPSA) is 63.7 Å². The maximum atomic E-state index is 12.4. The molecule has 1 N–H and O–H groups in total. The Morgan fingerprint density at radius 1 is 1.31 bits per heavy atom. The highest BCUT2D eigenvalue weighted by Crippen LogP contribution is 2.35. The lowest BCUT2D eigenvalue weighted by molar-refractivity contribution is -0.0799. The quantitative estimate of drug-likeness (QED) is 0.889. The minimum atomic E-state index is -0.0870. The van der Waals surface area contributed by atoms with Gasteiger partial charge in [-0.1, -0.05) is 0 Å². The highest BCUT2D eigenvalue weighted by atomic mass is 16.5. The van der Waals surface area contributed by atoms with Gasteiger partial charge in [-0.3, -0.25) is 9.78 Å². The van der Waals surface area contributed by atoms with Crippen LogP contribution in [0.1, 0.15) is 42.5 Å². The molecule has 0 bridgehead atoms. The molecule has 3 saturated heterocycles. The highest BCUT2D eigenvalue weighted by Gasteiger charge is 2.43. The number of aromatic nitrogens is 1. The van der Waals surface area contributed by atoms with Gasteiger partial charge in [-0.2, -0.15) is 0 Å². The first-order valence-electron chi connectivity index (χ1n) is 9.87. The molecule has 26 heavy (non-hydrogen) atoms. The van der Waals surface area contributed by atoms with Crippen molar-refractivity contribution in [1.29, 1.82) is 0 Å². The molecular formula is C20H29N3O3. The number of hydrogen-bond acceptors (Lipinski definition) is 5. The molecule has 0 radical (unpaired) electrons. The molecule has 4 heterocycles. The third kappa shape index (κ3) is 4.24. The fourth-order valence-corrected chi connectivity index (χ4v) is 4.58. The minimum Gasteiger partial charge on any atom is -0.381 e. The van der Waals surface area contributed by atoms with E-state index in [4.69, 9.17) is 9.47 Å². The molecule has 1 aromatic heterocycles. The number of nitrogens with one attached hydrogen (secondary N) is 1.